The van der Waals surface area contributed by atoms with Gasteiger partial charge in [0.15, 0.2) is 0 Å². The van der Waals surface area contributed by atoms with Crippen LogP contribution in [0.1, 0.15) is 29.6 Å². The zero-order valence-corrected chi connectivity index (χ0v) is 10.5. The van der Waals surface area contributed by atoms with Gasteiger partial charge in [-0.3, -0.25) is 4.79 Å². The number of hydrogen-bond acceptors (Lipinski definition) is 3. The monoisotopic (exact) mass is 248 g/mol. The van der Waals surface area contributed by atoms with Gasteiger partial charge in [-0.1, -0.05) is 6.07 Å². The van der Waals surface area contributed by atoms with Crippen molar-refractivity contribution >= 4 is 5.91 Å². The van der Waals surface area contributed by atoms with Crippen LogP contribution in [0.3, 0.4) is 0 Å². The third-order valence-electron chi connectivity index (χ3n) is 3.47. The van der Waals surface area contributed by atoms with E-state index in [1.165, 1.54) is 6.07 Å². The van der Waals surface area contributed by atoms with Crippen molar-refractivity contribution in [2.45, 2.75) is 19.3 Å². The van der Waals surface area contributed by atoms with Crippen molar-refractivity contribution in [2.24, 2.45) is 11.7 Å². The van der Waals surface area contributed by atoms with E-state index >= 15 is 0 Å². The van der Waals surface area contributed by atoms with E-state index in [0.717, 1.165) is 32.4 Å². The first-order valence-electron chi connectivity index (χ1n) is 6.49. The van der Waals surface area contributed by atoms with Crippen molar-refractivity contribution in [3.05, 3.63) is 29.8 Å². The highest BCUT2D eigenvalue weighted by atomic mass is 16.3. The van der Waals surface area contributed by atoms with Gasteiger partial charge in [-0.25, -0.2) is 0 Å². The van der Waals surface area contributed by atoms with E-state index in [1.54, 1.807) is 18.2 Å². The Morgan fingerprint density at radius 1 is 1.50 bits per heavy atom. The molecule has 1 fully saturated rings. The Balaban J connectivity index is 2.04. The van der Waals surface area contributed by atoms with E-state index < -0.39 is 0 Å². The molecule has 1 aromatic carbocycles. The smallest absolute Gasteiger partial charge is 0.253 e. The summed E-state index contributed by atoms with van der Waals surface area (Å²) in [7, 11) is 0. The van der Waals surface area contributed by atoms with Crippen LogP contribution in [0.25, 0.3) is 0 Å². The van der Waals surface area contributed by atoms with E-state index in [9.17, 15) is 9.90 Å². The first-order chi connectivity index (χ1) is 8.70. The molecule has 1 aromatic rings. The Labute approximate surface area is 107 Å². The van der Waals surface area contributed by atoms with Crippen LogP contribution in [-0.2, 0) is 0 Å². The van der Waals surface area contributed by atoms with Gasteiger partial charge in [0.05, 0.1) is 0 Å². The van der Waals surface area contributed by atoms with Gasteiger partial charge in [0.2, 0.25) is 0 Å². The highest BCUT2D eigenvalue weighted by Crippen LogP contribution is 2.21. The summed E-state index contributed by atoms with van der Waals surface area (Å²) in [5.41, 5.74) is 6.13. The van der Waals surface area contributed by atoms with E-state index in [4.69, 9.17) is 5.73 Å². The van der Waals surface area contributed by atoms with Crippen LogP contribution in [0, 0.1) is 5.92 Å². The Morgan fingerprint density at radius 2 is 2.33 bits per heavy atom. The maximum Gasteiger partial charge on any atom is 0.253 e. The SMILES string of the molecule is NCCC1CCCN(C(=O)c2cccc(O)c2)C1. The molecule has 1 amide bonds. The van der Waals surface area contributed by atoms with E-state index in [0.29, 0.717) is 18.0 Å². The Bertz CT molecular complexity index is 418. The number of aromatic hydroxyl groups is 1. The maximum absolute atomic E-state index is 12.3. The molecule has 3 N–H and O–H groups in total. The fourth-order valence-corrected chi connectivity index (χ4v) is 2.54. The number of nitrogens with zero attached hydrogens (tertiary/aromatic N) is 1. The molecule has 1 heterocycles. The average Bonchev–Trinajstić information content (AvgIpc) is 2.39. The molecular formula is C14H20N2O2. The molecule has 1 aliphatic heterocycles. The number of carbonyl (C=O) groups is 1. The molecule has 0 bridgehead atoms. The fourth-order valence-electron chi connectivity index (χ4n) is 2.54. The van der Waals surface area contributed by atoms with Crippen LogP contribution >= 0.6 is 0 Å². The van der Waals surface area contributed by atoms with Gasteiger partial charge in [-0.05, 0) is 49.9 Å². The molecule has 4 nitrogen and oxygen atoms in total. The molecule has 18 heavy (non-hydrogen) atoms. The van der Waals surface area contributed by atoms with Crippen molar-refractivity contribution in [3.8, 4) is 5.75 Å². The molecule has 0 aliphatic carbocycles. The van der Waals surface area contributed by atoms with E-state index in [2.05, 4.69) is 0 Å². The first-order valence-corrected chi connectivity index (χ1v) is 6.49. The molecule has 0 saturated carbocycles. The van der Waals surface area contributed by atoms with Gasteiger partial charge in [-0.2, -0.15) is 0 Å². The Hall–Kier alpha value is -1.55. The fraction of sp³-hybridized carbons (Fsp3) is 0.500. The third-order valence-corrected chi connectivity index (χ3v) is 3.47. The highest BCUT2D eigenvalue weighted by Gasteiger charge is 2.23. The number of rotatable bonds is 3. The van der Waals surface area contributed by atoms with Crippen molar-refractivity contribution < 1.29 is 9.90 Å². The topological polar surface area (TPSA) is 66.6 Å². The van der Waals surface area contributed by atoms with Gasteiger partial charge in [-0.15, -0.1) is 0 Å². The van der Waals surface area contributed by atoms with E-state index in [-0.39, 0.29) is 11.7 Å². The van der Waals surface area contributed by atoms with Crippen LogP contribution in [0.4, 0.5) is 0 Å². The number of piperidine rings is 1. The average molecular weight is 248 g/mol. The zero-order chi connectivity index (χ0) is 13.0. The Morgan fingerprint density at radius 3 is 3.06 bits per heavy atom. The number of carbonyl (C=O) groups excluding carboxylic acids is 1. The lowest BCUT2D eigenvalue weighted by Gasteiger charge is -2.32. The summed E-state index contributed by atoms with van der Waals surface area (Å²) in [5.74, 6) is 0.661. The van der Waals surface area contributed by atoms with Gasteiger partial charge in [0.25, 0.3) is 5.91 Å². The van der Waals surface area contributed by atoms with Crippen molar-refractivity contribution in [1.29, 1.82) is 0 Å². The summed E-state index contributed by atoms with van der Waals surface area (Å²) >= 11 is 0. The number of phenolic OH excluding ortho intramolecular Hbond substituents is 1. The van der Waals surface area contributed by atoms with Gasteiger partial charge < -0.3 is 15.7 Å². The van der Waals surface area contributed by atoms with Crippen molar-refractivity contribution in [2.75, 3.05) is 19.6 Å². The minimum absolute atomic E-state index is 0.00706. The quantitative estimate of drug-likeness (QED) is 0.853. The predicted octanol–water partition coefficient (Wildman–Crippen LogP) is 1.59. The second-order valence-electron chi connectivity index (χ2n) is 4.89. The predicted molar refractivity (Wildman–Crippen MR) is 70.4 cm³/mol. The first kappa shape index (κ1) is 12.9. The molecular weight excluding hydrogens is 228 g/mol. The standard InChI is InChI=1S/C14H20N2O2/c15-7-6-11-3-2-8-16(10-11)14(18)12-4-1-5-13(17)9-12/h1,4-5,9,11,17H,2-3,6-8,10,15H2. The molecule has 2 rings (SSSR count). The lowest BCUT2D eigenvalue weighted by molar-refractivity contribution is 0.0669. The normalized spacial score (nSPS) is 19.8. The number of phenols is 1. The molecule has 1 unspecified atom stereocenters. The second-order valence-corrected chi connectivity index (χ2v) is 4.89. The number of nitrogens with two attached hydrogens (primary N) is 1. The molecule has 1 saturated heterocycles. The Kier molecular flexibility index (Phi) is 4.20. The zero-order valence-electron chi connectivity index (χ0n) is 10.5. The maximum atomic E-state index is 12.3. The van der Waals surface area contributed by atoms with E-state index in [1.807, 2.05) is 4.90 Å². The van der Waals surface area contributed by atoms with Gasteiger partial charge in [0.1, 0.15) is 5.75 Å². The summed E-state index contributed by atoms with van der Waals surface area (Å²) in [6.07, 6.45) is 3.17. The van der Waals surface area contributed by atoms with Crippen LogP contribution in [0.5, 0.6) is 5.75 Å². The summed E-state index contributed by atoms with van der Waals surface area (Å²) in [6.45, 7) is 2.26. The number of amides is 1. The number of benzene rings is 1. The van der Waals surface area contributed by atoms with Crippen molar-refractivity contribution in [3.63, 3.8) is 0 Å². The van der Waals surface area contributed by atoms with Crippen molar-refractivity contribution in [1.82, 2.24) is 4.90 Å². The van der Waals surface area contributed by atoms with Crippen LogP contribution in [-0.4, -0.2) is 35.5 Å². The highest BCUT2D eigenvalue weighted by molar-refractivity contribution is 5.94. The van der Waals surface area contributed by atoms with Crippen LogP contribution in [0.15, 0.2) is 24.3 Å². The lowest BCUT2D eigenvalue weighted by atomic mass is 9.94. The molecule has 1 atom stereocenters. The third kappa shape index (κ3) is 3.01. The van der Waals surface area contributed by atoms with Crippen LogP contribution < -0.4 is 5.73 Å². The summed E-state index contributed by atoms with van der Waals surface area (Å²) in [5, 5.41) is 9.41. The summed E-state index contributed by atoms with van der Waals surface area (Å²) < 4.78 is 0. The molecule has 98 valence electrons. The molecule has 0 aromatic heterocycles. The molecule has 4 heteroatoms. The number of likely N-dealkylation sites (tertiary alicyclic amines) is 1. The molecule has 0 radical (unpaired) electrons. The number of hydrogen-bond donors (Lipinski definition) is 2. The molecule has 0 spiro atoms. The van der Waals surface area contributed by atoms with Gasteiger partial charge >= 0.3 is 0 Å². The largest absolute Gasteiger partial charge is 0.508 e. The minimum Gasteiger partial charge on any atom is -0.508 e. The summed E-state index contributed by atoms with van der Waals surface area (Å²) in [6, 6.07) is 6.54. The van der Waals surface area contributed by atoms with Gasteiger partial charge in [0, 0.05) is 18.7 Å². The lowest BCUT2D eigenvalue weighted by Crippen LogP contribution is -2.40. The summed E-state index contributed by atoms with van der Waals surface area (Å²) in [4.78, 5) is 14.2. The minimum atomic E-state index is 0.00706. The second kappa shape index (κ2) is 5.87. The molecule has 1 aliphatic rings. The van der Waals surface area contributed by atoms with Crippen LogP contribution in [0.2, 0.25) is 0 Å².